The van der Waals surface area contributed by atoms with Crippen LogP contribution in [0.15, 0.2) is 18.2 Å². The first-order valence-corrected chi connectivity index (χ1v) is 6.91. The molecule has 4 nitrogen and oxygen atoms in total. The van der Waals surface area contributed by atoms with Crippen molar-refractivity contribution in [3.63, 3.8) is 0 Å². The number of fused-ring (bicyclic) bond motifs is 1. The molecule has 0 bridgehead atoms. The molecule has 19 heavy (non-hydrogen) atoms. The van der Waals surface area contributed by atoms with Crippen LogP contribution in [0.5, 0.6) is 5.75 Å². The summed E-state index contributed by atoms with van der Waals surface area (Å²) in [4.78, 5) is 1.99. The van der Waals surface area contributed by atoms with E-state index in [9.17, 15) is 21.6 Å². The van der Waals surface area contributed by atoms with Crippen LogP contribution in [-0.4, -0.2) is 32.4 Å². The highest BCUT2D eigenvalue weighted by molar-refractivity contribution is 7.87. The lowest BCUT2D eigenvalue weighted by atomic mass is 10.00. The van der Waals surface area contributed by atoms with Crippen molar-refractivity contribution in [2.75, 3.05) is 13.6 Å². The van der Waals surface area contributed by atoms with E-state index >= 15 is 0 Å². The highest BCUT2D eigenvalue weighted by Crippen LogP contribution is 2.29. The lowest BCUT2D eigenvalue weighted by Crippen LogP contribution is -2.29. The van der Waals surface area contributed by atoms with Gasteiger partial charge < -0.3 is 9.08 Å². The third-order valence-corrected chi connectivity index (χ3v) is 3.85. The fourth-order valence-electron chi connectivity index (χ4n) is 1.90. The van der Waals surface area contributed by atoms with E-state index in [0.717, 1.165) is 24.1 Å². The van der Waals surface area contributed by atoms with Crippen LogP contribution < -0.4 is 4.18 Å². The van der Waals surface area contributed by atoms with Gasteiger partial charge in [-0.2, -0.15) is 21.6 Å². The molecule has 0 fully saturated rings. The number of rotatable bonds is 2. The van der Waals surface area contributed by atoms with Crippen molar-refractivity contribution in [2.24, 2.45) is 0 Å². The van der Waals surface area contributed by atoms with Gasteiger partial charge in [-0.3, -0.25) is 0 Å². The average Bonchev–Trinajstić information content (AvgIpc) is 2.26. The molecule has 1 aromatic carbocycles. The predicted octanol–water partition coefficient (Wildman–Crippen LogP) is 1.90. The van der Waals surface area contributed by atoms with E-state index in [1.807, 2.05) is 11.9 Å². The number of hydrogen-bond donors (Lipinski definition) is 0. The zero-order valence-corrected chi connectivity index (χ0v) is 10.9. The van der Waals surface area contributed by atoms with Gasteiger partial charge in [-0.15, -0.1) is 0 Å². The fraction of sp³-hybridized carbons (Fsp3) is 0.455. The molecule has 0 atom stereocenters. The van der Waals surface area contributed by atoms with Crippen LogP contribution in [0, 0.1) is 0 Å². The van der Waals surface area contributed by atoms with Gasteiger partial charge in [0.05, 0.1) is 0 Å². The number of alkyl halides is 3. The largest absolute Gasteiger partial charge is 0.534 e. The van der Waals surface area contributed by atoms with Crippen molar-refractivity contribution >= 4 is 10.1 Å². The normalized spacial score (nSPS) is 17.1. The Balaban J connectivity index is 2.26. The molecule has 1 aliphatic heterocycles. The molecule has 1 heterocycles. The van der Waals surface area contributed by atoms with Gasteiger partial charge in [0.2, 0.25) is 0 Å². The summed E-state index contributed by atoms with van der Waals surface area (Å²) in [7, 11) is -3.73. The zero-order chi connectivity index (χ0) is 14.3. The highest BCUT2D eigenvalue weighted by atomic mass is 32.2. The standard InChI is InChI=1S/C11H12F3NO3S/c1-15-5-4-8-2-3-10(6-9(8)7-15)18-19(16,17)11(12,13)14/h2-3,6H,4-5,7H2,1H3. The first kappa shape index (κ1) is 14.1. The second kappa shape index (κ2) is 4.68. The van der Waals surface area contributed by atoms with E-state index in [1.165, 1.54) is 12.1 Å². The summed E-state index contributed by atoms with van der Waals surface area (Å²) in [6.45, 7) is 1.41. The predicted molar refractivity (Wildman–Crippen MR) is 62.1 cm³/mol. The molecular formula is C11H12F3NO3S. The van der Waals surface area contributed by atoms with E-state index in [2.05, 4.69) is 4.18 Å². The maximum Gasteiger partial charge on any atom is 0.534 e. The van der Waals surface area contributed by atoms with Crippen LogP contribution >= 0.6 is 0 Å². The zero-order valence-electron chi connectivity index (χ0n) is 10.1. The Kier molecular flexibility index (Phi) is 3.48. The second-order valence-corrected chi connectivity index (χ2v) is 5.94. The molecule has 8 heteroatoms. The molecule has 0 saturated heterocycles. The minimum absolute atomic E-state index is 0.314. The molecule has 0 amide bonds. The van der Waals surface area contributed by atoms with Crippen molar-refractivity contribution < 1.29 is 25.8 Å². The number of benzene rings is 1. The summed E-state index contributed by atoms with van der Waals surface area (Å²) in [5.74, 6) is -0.314. The van der Waals surface area contributed by atoms with Crippen molar-refractivity contribution in [2.45, 2.75) is 18.5 Å². The first-order chi connectivity index (χ1) is 8.69. The van der Waals surface area contributed by atoms with Crippen molar-refractivity contribution in [3.8, 4) is 5.75 Å². The van der Waals surface area contributed by atoms with Crippen LogP contribution in [-0.2, 0) is 23.1 Å². The summed E-state index contributed by atoms with van der Waals surface area (Å²) in [6, 6.07) is 4.19. The molecule has 0 aromatic heterocycles. The molecule has 0 spiro atoms. The van der Waals surface area contributed by atoms with Gasteiger partial charge >= 0.3 is 15.6 Å². The monoisotopic (exact) mass is 295 g/mol. The third kappa shape index (κ3) is 3.01. The highest BCUT2D eigenvalue weighted by Gasteiger charge is 2.48. The van der Waals surface area contributed by atoms with E-state index in [4.69, 9.17) is 0 Å². The Morgan fingerprint density at radius 3 is 2.58 bits per heavy atom. The topological polar surface area (TPSA) is 46.6 Å². The van der Waals surface area contributed by atoms with Crippen molar-refractivity contribution in [3.05, 3.63) is 29.3 Å². The van der Waals surface area contributed by atoms with Crippen LogP contribution in [0.1, 0.15) is 11.1 Å². The Hall–Kier alpha value is -1.28. The van der Waals surface area contributed by atoms with Crippen LogP contribution in [0.25, 0.3) is 0 Å². The van der Waals surface area contributed by atoms with E-state index in [-0.39, 0.29) is 5.75 Å². The smallest absolute Gasteiger partial charge is 0.376 e. The summed E-state index contributed by atoms with van der Waals surface area (Å²) >= 11 is 0. The SMILES string of the molecule is CN1CCc2ccc(OS(=O)(=O)C(F)(F)F)cc2C1. The number of likely N-dealkylation sites (N-methyl/N-ethyl adjacent to an activating group) is 1. The lowest BCUT2D eigenvalue weighted by Gasteiger charge is -2.25. The van der Waals surface area contributed by atoms with Crippen LogP contribution in [0.2, 0.25) is 0 Å². The van der Waals surface area contributed by atoms with Crippen LogP contribution in [0.3, 0.4) is 0 Å². The van der Waals surface area contributed by atoms with Gasteiger partial charge in [0.15, 0.2) is 0 Å². The molecule has 0 radical (unpaired) electrons. The van der Waals surface area contributed by atoms with Crippen molar-refractivity contribution in [1.29, 1.82) is 0 Å². The van der Waals surface area contributed by atoms with Gasteiger partial charge in [-0.25, -0.2) is 0 Å². The van der Waals surface area contributed by atoms with E-state index in [0.29, 0.717) is 6.54 Å². The van der Waals surface area contributed by atoms with Gasteiger partial charge in [-0.1, -0.05) is 6.07 Å². The molecule has 106 valence electrons. The minimum atomic E-state index is -5.60. The number of hydrogen-bond acceptors (Lipinski definition) is 4. The molecule has 1 aliphatic rings. The summed E-state index contributed by atoms with van der Waals surface area (Å²) < 4.78 is 62.5. The summed E-state index contributed by atoms with van der Waals surface area (Å²) in [6.07, 6.45) is 0.776. The average molecular weight is 295 g/mol. The molecule has 0 N–H and O–H groups in total. The Labute approximate surface area is 108 Å². The van der Waals surface area contributed by atoms with Crippen molar-refractivity contribution in [1.82, 2.24) is 4.90 Å². The molecule has 0 unspecified atom stereocenters. The maximum atomic E-state index is 12.2. The lowest BCUT2D eigenvalue weighted by molar-refractivity contribution is -0.0500. The Bertz CT molecular complexity index is 583. The molecule has 0 saturated carbocycles. The number of halogens is 3. The first-order valence-electron chi connectivity index (χ1n) is 5.50. The van der Waals surface area contributed by atoms with Gasteiger partial charge in [0.1, 0.15) is 5.75 Å². The molecule has 2 rings (SSSR count). The summed E-state index contributed by atoms with van der Waals surface area (Å²) in [5, 5.41) is 0. The van der Waals surface area contributed by atoms with Gasteiger partial charge in [0, 0.05) is 13.1 Å². The van der Waals surface area contributed by atoms with Gasteiger partial charge in [-0.05, 0) is 36.7 Å². The quantitative estimate of drug-likeness (QED) is 0.617. The Morgan fingerprint density at radius 1 is 1.26 bits per heavy atom. The molecule has 0 aliphatic carbocycles. The van der Waals surface area contributed by atoms with E-state index in [1.54, 1.807) is 6.07 Å². The maximum absolute atomic E-state index is 12.2. The summed E-state index contributed by atoms with van der Waals surface area (Å²) in [5.41, 5.74) is -3.64. The fourth-order valence-corrected chi connectivity index (χ4v) is 2.35. The molecule has 1 aromatic rings. The number of nitrogens with zero attached hydrogens (tertiary/aromatic N) is 1. The minimum Gasteiger partial charge on any atom is -0.376 e. The van der Waals surface area contributed by atoms with E-state index < -0.39 is 15.6 Å². The molecular weight excluding hydrogens is 283 g/mol. The second-order valence-electron chi connectivity index (χ2n) is 4.40. The Morgan fingerprint density at radius 2 is 1.95 bits per heavy atom. The third-order valence-electron chi connectivity index (χ3n) is 2.87. The van der Waals surface area contributed by atoms with Crippen LogP contribution in [0.4, 0.5) is 13.2 Å². The van der Waals surface area contributed by atoms with Gasteiger partial charge in [0.25, 0.3) is 0 Å².